The van der Waals surface area contributed by atoms with E-state index in [4.69, 9.17) is 0 Å². The number of aliphatic hydroxyl groups excluding tert-OH is 1. The third kappa shape index (κ3) is 3.72. The second kappa shape index (κ2) is 7.01. The molecule has 1 aliphatic rings. The number of aryl methyl sites for hydroxylation is 1. The van der Waals surface area contributed by atoms with Crippen LogP contribution in [0.15, 0.2) is 22.9 Å². The summed E-state index contributed by atoms with van der Waals surface area (Å²) in [6, 6.07) is 4.52. The third-order valence-electron chi connectivity index (χ3n) is 4.13. The van der Waals surface area contributed by atoms with Crippen LogP contribution in [0.2, 0.25) is 0 Å². The molecule has 3 rings (SSSR count). The van der Waals surface area contributed by atoms with Gasteiger partial charge in [0.2, 0.25) is 0 Å². The lowest BCUT2D eigenvalue weighted by molar-refractivity contribution is 0.120. The number of aliphatic hydroxyl groups is 1. The smallest absolute Gasteiger partial charge is 0.0926 e. The molecule has 1 N–H and O–H groups in total. The minimum Gasteiger partial charge on any atom is -0.388 e. The molecule has 1 saturated heterocycles. The van der Waals surface area contributed by atoms with Gasteiger partial charge in [-0.3, -0.25) is 4.90 Å². The average Bonchev–Trinajstić information content (AvgIpc) is 3.21. The minimum atomic E-state index is -0.322. The first-order valence-electron chi connectivity index (χ1n) is 7.65. The highest BCUT2D eigenvalue weighted by Gasteiger charge is 2.27. The van der Waals surface area contributed by atoms with Crippen molar-refractivity contribution in [3.63, 3.8) is 0 Å². The second-order valence-corrected chi connectivity index (χ2v) is 7.54. The molecule has 2 aromatic heterocycles. The van der Waals surface area contributed by atoms with Crippen LogP contribution in [0.1, 0.15) is 47.9 Å². The SMILES string of the molecule is CCc1nc(CN2CCCC2CC(O)c2cccs2)cs1. The highest BCUT2D eigenvalue weighted by Crippen LogP contribution is 2.30. The molecule has 0 saturated carbocycles. The Kier molecular flexibility index (Phi) is 5.06. The van der Waals surface area contributed by atoms with Gasteiger partial charge in [-0.2, -0.15) is 0 Å². The van der Waals surface area contributed by atoms with Gasteiger partial charge in [0, 0.05) is 22.8 Å². The van der Waals surface area contributed by atoms with Gasteiger partial charge in [0.15, 0.2) is 0 Å². The van der Waals surface area contributed by atoms with Crippen molar-refractivity contribution in [2.45, 2.75) is 51.3 Å². The summed E-state index contributed by atoms with van der Waals surface area (Å²) in [5, 5.41) is 15.8. The highest BCUT2D eigenvalue weighted by molar-refractivity contribution is 7.10. The Bertz CT molecular complexity index is 552. The molecular formula is C16H22N2OS2. The molecule has 0 spiro atoms. The van der Waals surface area contributed by atoms with Crippen molar-refractivity contribution in [3.8, 4) is 0 Å². The summed E-state index contributed by atoms with van der Waals surface area (Å²) in [6.07, 6.45) is 3.95. The van der Waals surface area contributed by atoms with E-state index in [9.17, 15) is 5.11 Å². The average molecular weight is 322 g/mol. The Morgan fingerprint density at radius 1 is 1.48 bits per heavy atom. The number of hydrogen-bond donors (Lipinski definition) is 1. The van der Waals surface area contributed by atoms with Gasteiger partial charge in [0.05, 0.1) is 16.8 Å². The van der Waals surface area contributed by atoms with Gasteiger partial charge in [-0.05, 0) is 43.7 Å². The van der Waals surface area contributed by atoms with Gasteiger partial charge in [-0.15, -0.1) is 22.7 Å². The van der Waals surface area contributed by atoms with Gasteiger partial charge in [0.1, 0.15) is 0 Å². The molecule has 0 bridgehead atoms. The molecule has 3 heterocycles. The molecule has 0 radical (unpaired) electrons. The fourth-order valence-corrected chi connectivity index (χ4v) is 4.48. The Labute approximate surface area is 134 Å². The molecule has 0 amide bonds. The van der Waals surface area contributed by atoms with Crippen LogP contribution in [-0.4, -0.2) is 27.6 Å². The summed E-state index contributed by atoms with van der Waals surface area (Å²) in [7, 11) is 0. The van der Waals surface area contributed by atoms with Crippen molar-refractivity contribution in [1.29, 1.82) is 0 Å². The number of aromatic nitrogens is 1. The summed E-state index contributed by atoms with van der Waals surface area (Å²) >= 11 is 3.41. The van der Waals surface area contributed by atoms with Crippen LogP contribution in [0.25, 0.3) is 0 Å². The normalized spacial score (nSPS) is 21.0. The van der Waals surface area contributed by atoms with Crippen LogP contribution < -0.4 is 0 Å². The predicted octanol–water partition coefficient (Wildman–Crippen LogP) is 3.86. The zero-order valence-corrected chi connectivity index (χ0v) is 14.0. The largest absolute Gasteiger partial charge is 0.388 e. The molecule has 2 unspecified atom stereocenters. The van der Waals surface area contributed by atoms with Gasteiger partial charge in [-0.1, -0.05) is 13.0 Å². The number of hydrogen-bond acceptors (Lipinski definition) is 5. The molecule has 2 aromatic rings. The molecular weight excluding hydrogens is 300 g/mol. The molecule has 0 aliphatic carbocycles. The Balaban J connectivity index is 1.60. The lowest BCUT2D eigenvalue weighted by atomic mass is 10.1. The van der Waals surface area contributed by atoms with E-state index in [1.54, 1.807) is 22.7 Å². The van der Waals surface area contributed by atoms with Gasteiger partial charge < -0.3 is 5.11 Å². The van der Waals surface area contributed by atoms with Crippen molar-refractivity contribution >= 4 is 22.7 Å². The predicted molar refractivity (Wildman–Crippen MR) is 88.8 cm³/mol. The van der Waals surface area contributed by atoms with E-state index in [2.05, 4.69) is 22.2 Å². The third-order valence-corrected chi connectivity index (χ3v) is 6.15. The monoisotopic (exact) mass is 322 g/mol. The zero-order valence-electron chi connectivity index (χ0n) is 12.4. The van der Waals surface area contributed by atoms with E-state index in [1.165, 1.54) is 23.5 Å². The first-order valence-corrected chi connectivity index (χ1v) is 9.41. The summed E-state index contributed by atoms with van der Waals surface area (Å²) in [5.74, 6) is 0. The fraction of sp³-hybridized carbons (Fsp3) is 0.562. The first-order chi connectivity index (χ1) is 10.3. The molecule has 1 aliphatic heterocycles. The van der Waals surface area contributed by atoms with Crippen molar-refractivity contribution in [2.75, 3.05) is 6.54 Å². The standard InChI is InChI=1S/C16H22N2OS2/c1-2-16-17-12(11-21-16)10-18-7-3-5-13(18)9-14(19)15-6-4-8-20-15/h4,6,8,11,13-14,19H,2-3,5,7,9-10H2,1H3. The maximum absolute atomic E-state index is 10.4. The maximum Gasteiger partial charge on any atom is 0.0926 e. The van der Waals surface area contributed by atoms with Crippen molar-refractivity contribution in [3.05, 3.63) is 38.5 Å². The molecule has 2 atom stereocenters. The van der Waals surface area contributed by atoms with E-state index in [-0.39, 0.29) is 6.10 Å². The topological polar surface area (TPSA) is 36.4 Å². The van der Waals surface area contributed by atoms with Crippen LogP contribution in [0.5, 0.6) is 0 Å². The van der Waals surface area contributed by atoms with E-state index >= 15 is 0 Å². The number of likely N-dealkylation sites (tertiary alicyclic amines) is 1. The van der Waals surface area contributed by atoms with Crippen molar-refractivity contribution in [2.24, 2.45) is 0 Å². The fourth-order valence-electron chi connectivity index (χ4n) is 3.02. The Hall–Kier alpha value is -0.750. The number of thiophene rings is 1. The molecule has 21 heavy (non-hydrogen) atoms. The summed E-state index contributed by atoms with van der Waals surface area (Å²) in [6.45, 7) is 4.21. The summed E-state index contributed by atoms with van der Waals surface area (Å²) < 4.78 is 0. The van der Waals surface area contributed by atoms with Gasteiger partial charge >= 0.3 is 0 Å². The minimum absolute atomic E-state index is 0.322. The molecule has 1 fully saturated rings. The van der Waals surface area contributed by atoms with Crippen LogP contribution >= 0.6 is 22.7 Å². The molecule has 5 heteroatoms. The molecule has 114 valence electrons. The summed E-state index contributed by atoms with van der Waals surface area (Å²) in [5.41, 5.74) is 1.19. The second-order valence-electron chi connectivity index (χ2n) is 5.62. The van der Waals surface area contributed by atoms with Crippen LogP contribution in [0.4, 0.5) is 0 Å². The van der Waals surface area contributed by atoms with E-state index in [0.717, 1.165) is 30.8 Å². The number of nitrogens with zero attached hydrogens (tertiary/aromatic N) is 2. The summed E-state index contributed by atoms with van der Waals surface area (Å²) in [4.78, 5) is 8.25. The van der Waals surface area contributed by atoms with Gasteiger partial charge in [0.25, 0.3) is 0 Å². The van der Waals surface area contributed by atoms with Crippen LogP contribution in [-0.2, 0) is 13.0 Å². The Morgan fingerprint density at radius 2 is 2.38 bits per heavy atom. The van der Waals surface area contributed by atoms with E-state index in [0.29, 0.717) is 6.04 Å². The lowest BCUT2D eigenvalue weighted by Crippen LogP contribution is -2.30. The first kappa shape index (κ1) is 15.2. The van der Waals surface area contributed by atoms with Crippen LogP contribution in [0.3, 0.4) is 0 Å². The Morgan fingerprint density at radius 3 is 3.10 bits per heavy atom. The number of thiazole rings is 1. The van der Waals surface area contributed by atoms with Crippen molar-refractivity contribution in [1.82, 2.24) is 9.88 Å². The van der Waals surface area contributed by atoms with Gasteiger partial charge in [-0.25, -0.2) is 4.98 Å². The zero-order chi connectivity index (χ0) is 14.7. The lowest BCUT2D eigenvalue weighted by Gasteiger charge is -2.25. The maximum atomic E-state index is 10.4. The van der Waals surface area contributed by atoms with Crippen LogP contribution in [0, 0.1) is 0 Å². The highest BCUT2D eigenvalue weighted by atomic mass is 32.1. The number of rotatable bonds is 6. The quantitative estimate of drug-likeness (QED) is 0.877. The molecule has 3 nitrogen and oxygen atoms in total. The van der Waals surface area contributed by atoms with Crippen molar-refractivity contribution < 1.29 is 5.11 Å². The molecule has 0 aromatic carbocycles. The van der Waals surface area contributed by atoms with E-state index in [1.807, 2.05) is 17.5 Å². The van der Waals surface area contributed by atoms with E-state index < -0.39 is 0 Å².